The van der Waals surface area contributed by atoms with E-state index < -0.39 is 17.3 Å². The van der Waals surface area contributed by atoms with Crippen LogP contribution in [0.5, 0.6) is 0 Å². The molecule has 0 fully saturated rings. The fourth-order valence-electron chi connectivity index (χ4n) is 1.20. The highest BCUT2D eigenvalue weighted by molar-refractivity contribution is 7.99. The van der Waals surface area contributed by atoms with Crippen molar-refractivity contribution in [2.45, 2.75) is 18.0 Å². The summed E-state index contributed by atoms with van der Waals surface area (Å²) in [5.74, 6) is 0.681. The number of halogens is 3. The topological polar surface area (TPSA) is 49.8 Å². The highest BCUT2D eigenvalue weighted by Gasteiger charge is 2.34. The molecular formula is C10H9F3N2S. The van der Waals surface area contributed by atoms with Gasteiger partial charge in [-0.3, -0.25) is 0 Å². The largest absolute Gasteiger partial charge is 0.417 e. The average molecular weight is 246 g/mol. The molecule has 0 aliphatic heterocycles. The molecule has 2 N–H and O–H groups in total. The lowest BCUT2D eigenvalue weighted by Gasteiger charge is -2.12. The molecular weight excluding hydrogens is 237 g/mol. The van der Waals surface area contributed by atoms with Crippen molar-refractivity contribution in [2.75, 3.05) is 11.5 Å². The van der Waals surface area contributed by atoms with Crippen LogP contribution in [0.25, 0.3) is 0 Å². The van der Waals surface area contributed by atoms with Crippen molar-refractivity contribution < 1.29 is 13.2 Å². The summed E-state index contributed by atoms with van der Waals surface area (Å²) in [6.45, 7) is 1.85. The van der Waals surface area contributed by atoms with E-state index in [9.17, 15) is 13.2 Å². The fraction of sp³-hybridized carbons (Fsp3) is 0.300. The Kier molecular flexibility index (Phi) is 3.70. The maximum atomic E-state index is 12.5. The first-order chi connectivity index (χ1) is 7.40. The van der Waals surface area contributed by atoms with Gasteiger partial charge in [-0.25, -0.2) is 0 Å². The van der Waals surface area contributed by atoms with Crippen molar-refractivity contribution in [1.29, 1.82) is 5.26 Å². The number of rotatable bonds is 2. The van der Waals surface area contributed by atoms with E-state index in [4.69, 9.17) is 11.0 Å². The molecule has 0 amide bonds. The molecule has 0 atom stereocenters. The molecule has 0 aromatic heterocycles. The van der Waals surface area contributed by atoms with Gasteiger partial charge >= 0.3 is 6.18 Å². The van der Waals surface area contributed by atoms with E-state index in [0.29, 0.717) is 10.6 Å². The number of nitrogen functional groups attached to an aromatic ring is 1. The minimum absolute atomic E-state index is 0.0539. The first-order valence-corrected chi connectivity index (χ1v) is 5.42. The van der Waals surface area contributed by atoms with Crippen LogP contribution in [0.2, 0.25) is 0 Å². The van der Waals surface area contributed by atoms with Gasteiger partial charge in [0, 0.05) is 10.6 Å². The Morgan fingerprint density at radius 3 is 2.50 bits per heavy atom. The lowest BCUT2D eigenvalue weighted by Crippen LogP contribution is -2.09. The normalized spacial score (nSPS) is 11.2. The van der Waals surface area contributed by atoms with Crippen LogP contribution in [-0.4, -0.2) is 5.75 Å². The Hall–Kier alpha value is -1.35. The van der Waals surface area contributed by atoms with Gasteiger partial charge < -0.3 is 5.73 Å². The molecule has 1 aromatic carbocycles. The highest BCUT2D eigenvalue weighted by Crippen LogP contribution is 2.36. The number of benzene rings is 1. The molecule has 0 bridgehead atoms. The summed E-state index contributed by atoms with van der Waals surface area (Å²) >= 11 is 1.31. The number of alkyl halides is 3. The summed E-state index contributed by atoms with van der Waals surface area (Å²) < 4.78 is 37.6. The summed E-state index contributed by atoms with van der Waals surface area (Å²) in [5, 5.41) is 8.67. The van der Waals surface area contributed by atoms with Crippen molar-refractivity contribution in [1.82, 2.24) is 0 Å². The van der Waals surface area contributed by atoms with Crippen LogP contribution in [0.15, 0.2) is 17.0 Å². The van der Waals surface area contributed by atoms with Crippen LogP contribution < -0.4 is 5.73 Å². The summed E-state index contributed by atoms with van der Waals surface area (Å²) in [6.07, 6.45) is -4.55. The van der Waals surface area contributed by atoms with Gasteiger partial charge in [-0.05, 0) is 17.9 Å². The smallest absolute Gasteiger partial charge is 0.398 e. The van der Waals surface area contributed by atoms with Crippen LogP contribution in [0.4, 0.5) is 18.9 Å². The van der Waals surface area contributed by atoms with E-state index in [2.05, 4.69) is 0 Å². The quantitative estimate of drug-likeness (QED) is 0.643. The molecule has 0 aliphatic rings. The van der Waals surface area contributed by atoms with Crippen LogP contribution in [0.1, 0.15) is 18.1 Å². The van der Waals surface area contributed by atoms with Crippen molar-refractivity contribution in [3.05, 3.63) is 23.3 Å². The van der Waals surface area contributed by atoms with Gasteiger partial charge in [0.2, 0.25) is 0 Å². The second-order valence-electron chi connectivity index (χ2n) is 2.98. The molecule has 1 aromatic rings. The van der Waals surface area contributed by atoms with Gasteiger partial charge in [-0.2, -0.15) is 18.4 Å². The van der Waals surface area contributed by atoms with E-state index in [1.807, 2.05) is 6.92 Å². The summed E-state index contributed by atoms with van der Waals surface area (Å²) in [4.78, 5) is 0.507. The van der Waals surface area contributed by atoms with E-state index in [-0.39, 0.29) is 5.69 Å². The zero-order valence-electron chi connectivity index (χ0n) is 8.43. The summed E-state index contributed by atoms with van der Waals surface area (Å²) in [7, 11) is 0. The molecule has 0 radical (unpaired) electrons. The van der Waals surface area contributed by atoms with Gasteiger partial charge in [0.05, 0.1) is 17.2 Å². The predicted octanol–water partition coefficient (Wildman–Crippen LogP) is 3.27. The molecule has 16 heavy (non-hydrogen) atoms. The van der Waals surface area contributed by atoms with Crippen molar-refractivity contribution >= 4 is 17.4 Å². The number of hydrogen-bond acceptors (Lipinski definition) is 3. The SMILES string of the molecule is CCSc1cc(C#N)c(C(F)(F)F)cc1N. The van der Waals surface area contributed by atoms with E-state index in [1.54, 1.807) is 0 Å². The van der Waals surface area contributed by atoms with Crippen molar-refractivity contribution in [2.24, 2.45) is 0 Å². The molecule has 0 unspecified atom stereocenters. The highest BCUT2D eigenvalue weighted by atomic mass is 32.2. The summed E-state index contributed by atoms with van der Waals surface area (Å²) in [5.41, 5.74) is 4.18. The van der Waals surface area contributed by atoms with Crippen LogP contribution in [-0.2, 0) is 6.18 Å². The minimum atomic E-state index is -4.55. The number of hydrogen-bond donors (Lipinski definition) is 1. The monoisotopic (exact) mass is 246 g/mol. The summed E-state index contributed by atoms with van der Waals surface area (Å²) in [6, 6.07) is 3.54. The number of anilines is 1. The molecule has 0 saturated heterocycles. The van der Waals surface area contributed by atoms with Gasteiger partial charge in [0.1, 0.15) is 0 Å². The predicted molar refractivity (Wildman–Crippen MR) is 57.0 cm³/mol. The van der Waals surface area contributed by atoms with Crippen LogP contribution in [0, 0.1) is 11.3 Å². The van der Waals surface area contributed by atoms with Gasteiger partial charge in [-0.15, -0.1) is 11.8 Å². The molecule has 0 aliphatic carbocycles. The zero-order valence-corrected chi connectivity index (χ0v) is 9.25. The lowest BCUT2D eigenvalue weighted by atomic mass is 10.1. The Balaban J connectivity index is 3.34. The van der Waals surface area contributed by atoms with E-state index in [0.717, 1.165) is 6.07 Å². The first kappa shape index (κ1) is 12.7. The standard InChI is InChI=1S/C10H9F3N2S/c1-2-16-9-3-6(5-14)7(4-8(9)15)10(11,12)13/h3-4H,2,15H2,1H3. The van der Waals surface area contributed by atoms with Crippen molar-refractivity contribution in [3.8, 4) is 6.07 Å². The Bertz CT molecular complexity index is 435. The molecule has 86 valence electrons. The van der Waals surface area contributed by atoms with Gasteiger partial charge in [0.25, 0.3) is 0 Å². The Morgan fingerprint density at radius 2 is 2.06 bits per heavy atom. The number of nitriles is 1. The van der Waals surface area contributed by atoms with E-state index >= 15 is 0 Å². The van der Waals surface area contributed by atoms with Crippen LogP contribution in [0.3, 0.4) is 0 Å². The average Bonchev–Trinajstić information content (AvgIpc) is 2.19. The molecule has 1 rings (SSSR count). The first-order valence-electron chi connectivity index (χ1n) is 4.43. The minimum Gasteiger partial charge on any atom is -0.398 e. The van der Waals surface area contributed by atoms with Crippen molar-refractivity contribution in [3.63, 3.8) is 0 Å². The molecule has 0 saturated carbocycles. The maximum absolute atomic E-state index is 12.5. The second-order valence-corrected chi connectivity index (χ2v) is 4.28. The third-order valence-corrected chi connectivity index (χ3v) is 2.83. The molecule has 6 heteroatoms. The molecule has 0 spiro atoms. The number of thioether (sulfide) groups is 1. The number of nitrogens with two attached hydrogens (primary N) is 1. The molecule has 2 nitrogen and oxygen atoms in total. The third kappa shape index (κ3) is 2.61. The zero-order chi connectivity index (χ0) is 12.3. The van der Waals surface area contributed by atoms with Gasteiger partial charge in [0.15, 0.2) is 0 Å². The van der Waals surface area contributed by atoms with Gasteiger partial charge in [-0.1, -0.05) is 6.92 Å². The Labute approximate surface area is 95.2 Å². The third-order valence-electron chi connectivity index (χ3n) is 1.88. The second kappa shape index (κ2) is 4.66. The van der Waals surface area contributed by atoms with Crippen LogP contribution >= 0.6 is 11.8 Å². The molecule has 0 heterocycles. The maximum Gasteiger partial charge on any atom is 0.417 e. The lowest BCUT2D eigenvalue weighted by molar-refractivity contribution is -0.137. The Morgan fingerprint density at radius 1 is 1.44 bits per heavy atom. The number of nitrogens with zero attached hydrogens (tertiary/aromatic N) is 1. The fourth-order valence-corrected chi connectivity index (χ4v) is 1.94. The van der Waals surface area contributed by atoms with E-state index in [1.165, 1.54) is 23.9 Å².